The van der Waals surface area contributed by atoms with Gasteiger partial charge in [0.2, 0.25) is 17.7 Å². The molecule has 1 aromatic carbocycles. The fraction of sp³-hybridized carbons (Fsp3) is 0.659. The molecular weight excluding hydrogens is 646 g/mol. The minimum Gasteiger partial charge on any atom is -0.455 e. The Morgan fingerprint density at radius 2 is 1.78 bits per heavy atom. The summed E-state index contributed by atoms with van der Waals surface area (Å²) in [6, 6.07) is 7.82. The molecule has 3 saturated heterocycles. The lowest BCUT2D eigenvalue weighted by atomic mass is 9.70. The molecule has 4 rings (SSSR count). The van der Waals surface area contributed by atoms with Crippen molar-refractivity contribution in [3.8, 4) is 0 Å². The van der Waals surface area contributed by atoms with Gasteiger partial charge in [0.15, 0.2) is 0 Å². The molecule has 1 spiro atoms. The number of nitrogens with zero attached hydrogens (tertiary/aromatic N) is 2. The number of rotatable bonds is 19. The standard InChI is InChI=1S/C41H61N3O7/c1-9-11-21-31(46)42-28(3)34(29-19-15-14-16-20-29)50-38(49)32-30-22-23-41(51-30)33(32)36(47)43(25-17-12-13-18-26-45)35(41)37(48)44(24-10-2)40(7,8)27-39(4,5)6/h9-10,14-16,19-20,28,30,32-35,45H,1-2,11-13,17-18,21-27H2,3-8H3,(H,42,46)/t28-,30-,32+,33+,34-,35-,41+/m1/s1. The van der Waals surface area contributed by atoms with Crippen molar-refractivity contribution in [1.82, 2.24) is 15.1 Å². The van der Waals surface area contributed by atoms with Gasteiger partial charge in [-0.15, -0.1) is 13.2 Å². The molecule has 2 bridgehead atoms. The van der Waals surface area contributed by atoms with Crippen LogP contribution in [0.3, 0.4) is 0 Å². The average molecular weight is 708 g/mol. The lowest BCUT2D eigenvalue weighted by Gasteiger charge is -2.45. The van der Waals surface area contributed by atoms with Gasteiger partial charge < -0.3 is 29.7 Å². The molecular formula is C41H61N3O7. The zero-order valence-electron chi connectivity index (χ0n) is 31.7. The van der Waals surface area contributed by atoms with E-state index in [1.165, 1.54) is 0 Å². The smallest absolute Gasteiger partial charge is 0.313 e. The third kappa shape index (κ3) is 8.94. The summed E-state index contributed by atoms with van der Waals surface area (Å²) in [6.45, 7) is 20.8. The van der Waals surface area contributed by atoms with E-state index in [0.717, 1.165) is 24.8 Å². The van der Waals surface area contributed by atoms with Crippen LogP contribution in [0.2, 0.25) is 0 Å². The number of hydrogen-bond donors (Lipinski definition) is 2. The number of carbonyl (C=O) groups excluding carboxylic acids is 4. The van der Waals surface area contributed by atoms with Gasteiger partial charge in [0.05, 0.1) is 24.0 Å². The van der Waals surface area contributed by atoms with Gasteiger partial charge in [-0.05, 0) is 70.3 Å². The van der Waals surface area contributed by atoms with E-state index in [1.54, 1.807) is 24.0 Å². The van der Waals surface area contributed by atoms with Crippen molar-refractivity contribution in [2.75, 3.05) is 19.7 Å². The molecule has 3 aliphatic heterocycles. The largest absolute Gasteiger partial charge is 0.455 e. The first-order chi connectivity index (χ1) is 24.1. The molecule has 0 radical (unpaired) electrons. The molecule has 3 aliphatic rings. The van der Waals surface area contributed by atoms with Gasteiger partial charge in [-0.1, -0.05) is 76.1 Å². The molecule has 0 saturated carbocycles. The van der Waals surface area contributed by atoms with Crippen LogP contribution in [0.1, 0.15) is 111 Å². The first kappa shape index (κ1) is 40.3. The maximum atomic E-state index is 15.0. The van der Waals surface area contributed by atoms with Crippen LogP contribution in [0.4, 0.5) is 0 Å². The highest BCUT2D eigenvalue weighted by molar-refractivity contribution is 5.98. The molecule has 51 heavy (non-hydrogen) atoms. The zero-order chi connectivity index (χ0) is 37.6. The van der Waals surface area contributed by atoms with Gasteiger partial charge >= 0.3 is 5.97 Å². The summed E-state index contributed by atoms with van der Waals surface area (Å²) in [7, 11) is 0. The van der Waals surface area contributed by atoms with Crippen LogP contribution in [0.25, 0.3) is 0 Å². The normalized spacial score (nSPS) is 25.2. The maximum absolute atomic E-state index is 15.0. The number of hydrogen-bond acceptors (Lipinski definition) is 7. The van der Waals surface area contributed by atoms with Crippen LogP contribution in [-0.2, 0) is 28.7 Å². The summed E-state index contributed by atoms with van der Waals surface area (Å²) in [5.74, 6) is -2.96. The minimum atomic E-state index is -1.17. The number of nitrogens with one attached hydrogen (secondary N) is 1. The van der Waals surface area contributed by atoms with Crippen molar-refractivity contribution in [3.63, 3.8) is 0 Å². The van der Waals surface area contributed by atoms with E-state index in [0.29, 0.717) is 45.2 Å². The fourth-order valence-corrected chi connectivity index (χ4v) is 8.93. The molecule has 2 N–H and O–H groups in total. The summed E-state index contributed by atoms with van der Waals surface area (Å²) in [5, 5.41) is 12.3. The molecule has 0 aromatic heterocycles. The van der Waals surface area contributed by atoms with E-state index < -0.39 is 53.2 Å². The van der Waals surface area contributed by atoms with Crippen molar-refractivity contribution in [2.24, 2.45) is 17.3 Å². The summed E-state index contributed by atoms with van der Waals surface area (Å²) in [6.07, 6.45) is 7.47. The second-order valence-electron chi connectivity index (χ2n) is 16.5. The van der Waals surface area contributed by atoms with Gasteiger partial charge in [0.25, 0.3) is 0 Å². The highest BCUT2D eigenvalue weighted by Gasteiger charge is 2.75. The van der Waals surface area contributed by atoms with Crippen LogP contribution in [0.5, 0.6) is 0 Å². The Morgan fingerprint density at radius 3 is 2.41 bits per heavy atom. The maximum Gasteiger partial charge on any atom is 0.313 e. The zero-order valence-corrected chi connectivity index (χ0v) is 31.7. The quantitative estimate of drug-likeness (QED) is 0.104. The first-order valence-electron chi connectivity index (χ1n) is 18.8. The Labute approximate surface area is 305 Å². The lowest BCUT2D eigenvalue weighted by molar-refractivity contribution is -0.162. The molecule has 10 heteroatoms. The number of fused-ring (bicyclic) bond motifs is 1. The topological polar surface area (TPSA) is 125 Å². The van der Waals surface area contributed by atoms with E-state index in [1.807, 2.05) is 35.2 Å². The number of carbonyl (C=O) groups is 4. The molecule has 3 fully saturated rings. The monoisotopic (exact) mass is 707 g/mol. The molecule has 1 aromatic rings. The van der Waals surface area contributed by atoms with E-state index in [9.17, 15) is 24.3 Å². The number of benzene rings is 1. The van der Waals surface area contributed by atoms with Crippen molar-refractivity contribution in [3.05, 3.63) is 61.2 Å². The van der Waals surface area contributed by atoms with Gasteiger partial charge in [0.1, 0.15) is 17.7 Å². The van der Waals surface area contributed by atoms with Crippen molar-refractivity contribution >= 4 is 23.7 Å². The number of ether oxygens (including phenoxy) is 2. The number of likely N-dealkylation sites (tertiary alicyclic amines) is 1. The summed E-state index contributed by atoms with van der Waals surface area (Å²) >= 11 is 0. The number of unbranched alkanes of at least 4 members (excludes halogenated alkanes) is 3. The Morgan fingerprint density at radius 1 is 1.10 bits per heavy atom. The highest BCUT2D eigenvalue weighted by Crippen LogP contribution is 2.59. The summed E-state index contributed by atoms with van der Waals surface area (Å²) in [4.78, 5) is 60.3. The second-order valence-corrected chi connectivity index (χ2v) is 16.5. The van der Waals surface area contributed by atoms with Crippen molar-refractivity contribution in [1.29, 1.82) is 0 Å². The van der Waals surface area contributed by atoms with Crippen LogP contribution in [0, 0.1) is 17.3 Å². The molecule has 0 aliphatic carbocycles. The number of esters is 1. The van der Waals surface area contributed by atoms with E-state index in [2.05, 4.69) is 53.1 Å². The van der Waals surface area contributed by atoms with E-state index in [-0.39, 0.29) is 36.2 Å². The van der Waals surface area contributed by atoms with Gasteiger partial charge in [0, 0.05) is 31.7 Å². The van der Waals surface area contributed by atoms with Crippen LogP contribution < -0.4 is 5.32 Å². The molecule has 282 valence electrons. The predicted octanol–water partition coefficient (Wildman–Crippen LogP) is 5.90. The number of allylic oxidation sites excluding steroid dienone is 1. The Kier molecular flexibility index (Phi) is 13.3. The van der Waals surface area contributed by atoms with E-state index >= 15 is 0 Å². The lowest BCUT2D eigenvalue weighted by Crippen LogP contribution is -2.61. The fourth-order valence-electron chi connectivity index (χ4n) is 8.93. The molecule has 10 nitrogen and oxygen atoms in total. The summed E-state index contributed by atoms with van der Waals surface area (Å²) < 4.78 is 13.0. The average Bonchev–Trinajstić information content (AvgIpc) is 3.71. The van der Waals surface area contributed by atoms with Crippen molar-refractivity contribution < 1.29 is 33.8 Å². The van der Waals surface area contributed by atoms with Crippen LogP contribution in [-0.4, -0.2) is 87.6 Å². The minimum absolute atomic E-state index is 0.0728. The first-order valence-corrected chi connectivity index (χ1v) is 18.8. The SMILES string of the molecule is C=CCCC(=O)N[C@H](C)[C@@H](OC(=O)[C@@H]1[C@H]2C(=O)N(CCCCCCO)[C@H](C(=O)N(CC=C)C(C)(C)CC(C)(C)C)[C@]23CC[C@H]1O3)c1ccccc1. The number of aliphatic hydroxyl groups excluding tert-OH is 1. The molecule has 3 heterocycles. The summed E-state index contributed by atoms with van der Waals surface area (Å²) in [5.41, 5.74) is -1.08. The van der Waals surface area contributed by atoms with Gasteiger partial charge in [-0.2, -0.15) is 0 Å². The molecule has 7 atom stereocenters. The Balaban J connectivity index is 1.69. The van der Waals surface area contributed by atoms with Crippen molar-refractivity contribution in [2.45, 2.75) is 135 Å². The predicted molar refractivity (Wildman–Crippen MR) is 197 cm³/mol. The van der Waals surface area contributed by atoms with Crippen LogP contribution in [0.15, 0.2) is 55.6 Å². The highest BCUT2D eigenvalue weighted by atomic mass is 16.6. The van der Waals surface area contributed by atoms with Crippen LogP contribution >= 0.6 is 0 Å². The van der Waals surface area contributed by atoms with Gasteiger partial charge in [-0.25, -0.2) is 0 Å². The Bertz CT molecular complexity index is 1410. The van der Waals surface area contributed by atoms with Gasteiger partial charge in [-0.3, -0.25) is 19.2 Å². The molecule has 3 amide bonds. The third-order valence-electron chi connectivity index (χ3n) is 10.7. The number of aliphatic hydroxyl groups is 1. The van der Waals surface area contributed by atoms with E-state index in [4.69, 9.17) is 9.47 Å². The second kappa shape index (κ2) is 16.9. The third-order valence-corrected chi connectivity index (χ3v) is 10.7. The molecule has 0 unspecified atom stereocenters. The number of amides is 3. The Hall–Kier alpha value is -3.50.